The Morgan fingerprint density at radius 2 is 1.82 bits per heavy atom. The lowest BCUT2D eigenvalue weighted by Crippen LogP contribution is -2.46. The predicted molar refractivity (Wildman–Crippen MR) is 130 cm³/mol. The maximum Gasteiger partial charge on any atom is 0.416 e. The number of fused-ring (bicyclic) bond motifs is 1. The van der Waals surface area contributed by atoms with Crippen molar-refractivity contribution in [3.8, 4) is 22.6 Å². The van der Waals surface area contributed by atoms with Gasteiger partial charge in [0.2, 0.25) is 0 Å². The summed E-state index contributed by atoms with van der Waals surface area (Å²) in [6.07, 6.45) is -6.20. The maximum absolute atomic E-state index is 14.2. The summed E-state index contributed by atoms with van der Waals surface area (Å²) in [4.78, 5) is 10.6. The van der Waals surface area contributed by atoms with Crippen LogP contribution in [0.25, 0.3) is 11.1 Å². The number of benzene rings is 3. The van der Waals surface area contributed by atoms with Crippen LogP contribution in [-0.4, -0.2) is 38.8 Å². The van der Waals surface area contributed by atoms with E-state index in [4.69, 9.17) is 4.74 Å². The average Bonchev–Trinajstić information content (AvgIpc) is 2.86. The topological polar surface area (TPSA) is 93.1 Å². The van der Waals surface area contributed by atoms with E-state index in [1.165, 1.54) is 25.1 Å². The quantitative estimate of drug-likeness (QED) is 0.316. The van der Waals surface area contributed by atoms with E-state index >= 15 is 0 Å². The van der Waals surface area contributed by atoms with Crippen LogP contribution < -0.4 is 13.8 Å². The minimum Gasteiger partial charge on any atom is -0.486 e. The van der Waals surface area contributed by atoms with Gasteiger partial charge in [-0.05, 0) is 53.6 Å². The van der Waals surface area contributed by atoms with Gasteiger partial charge in [0.1, 0.15) is 23.4 Å². The van der Waals surface area contributed by atoms with Gasteiger partial charge < -0.3 is 14.6 Å². The zero-order chi connectivity index (χ0) is 29.4. The van der Waals surface area contributed by atoms with Gasteiger partial charge in [-0.15, -0.1) is 0 Å². The van der Waals surface area contributed by atoms with E-state index in [-0.39, 0.29) is 29.0 Å². The fourth-order valence-electron chi connectivity index (χ4n) is 4.24. The largest absolute Gasteiger partial charge is 0.486 e. The van der Waals surface area contributed by atoms with E-state index in [1.54, 1.807) is 0 Å². The minimum absolute atomic E-state index is 0.0340. The summed E-state index contributed by atoms with van der Waals surface area (Å²) in [7, 11) is -4.68. The Labute approximate surface area is 224 Å². The first-order valence-electron chi connectivity index (χ1n) is 11.6. The Morgan fingerprint density at radius 1 is 1.10 bits per heavy atom. The third-order valence-electron chi connectivity index (χ3n) is 6.16. The molecule has 7 nitrogen and oxygen atoms in total. The van der Waals surface area contributed by atoms with Crippen molar-refractivity contribution in [1.29, 1.82) is 0 Å². The number of aliphatic carboxylic acids is 1. The zero-order valence-corrected chi connectivity index (χ0v) is 21.3. The molecule has 1 heterocycles. The van der Waals surface area contributed by atoms with E-state index in [1.807, 2.05) is 0 Å². The second-order valence-corrected chi connectivity index (χ2v) is 10.9. The molecule has 3 aromatic rings. The van der Waals surface area contributed by atoms with Crippen LogP contribution in [0.1, 0.15) is 18.9 Å². The molecule has 1 N–H and O–H groups in total. The molecule has 4 rings (SSSR count). The number of hydrogen-bond donors (Lipinski definition) is 1. The fraction of sp³-hybridized carbons (Fsp3) is 0.269. The van der Waals surface area contributed by atoms with Crippen LogP contribution in [0.15, 0.2) is 65.6 Å². The van der Waals surface area contributed by atoms with Gasteiger partial charge in [-0.3, -0.25) is 9.10 Å². The van der Waals surface area contributed by atoms with Gasteiger partial charge in [-0.25, -0.2) is 12.8 Å². The number of carboxylic acid groups (broad SMARTS) is 1. The summed E-state index contributed by atoms with van der Waals surface area (Å²) in [5, 5.41) is 9.20. The molecule has 214 valence electrons. The molecule has 0 fully saturated rings. The first-order chi connectivity index (χ1) is 18.6. The number of halogens is 6. The van der Waals surface area contributed by atoms with Gasteiger partial charge in [0.25, 0.3) is 10.0 Å². The highest BCUT2D eigenvalue weighted by Gasteiger charge is 2.39. The standard InChI is InChI=1S/C26H21F6NO6S/c1-14(7-24(34)35)23-13-33(40(36,37)20-4-2-3-17(11-20)26(30,31)32)21-10-15(5-6-22(21)39-23)16-8-18(27)12-19(9-16)38-25(28)29/h2-6,8-12,14,23,25H,7,13H2,1H3,(H,34,35)/t14-,23-/m1/s1. The Balaban J connectivity index is 1.84. The van der Waals surface area contributed by atoms with Crippen LogP contribution >= 0.6 is 0 Å². The number of alkyl halides is 5. The van der Waals surface area contributed by atoms with Gasteiger partial charge >= 0.3 is 18.8 Å². The summed E-state index contributed by atoms with van der Waals surface area (Å²) in [6, 6.07) is 9.90. The summed E-state index contributed by atoms with van der Waals surface area (Å²) in [6.45, 7) is -2.17. The zero-order valence-electron chi connectivity index (χ0n) is 20.5. The molecular weight excluding hydrogens is 568 g/mol. The molecule has 0 saturated heterocycles. The first kappa shape index (κ1) is 29.1. The smallest absolute Gasteiger partial charge is 0.416 e. The number of carboxylic acids is 1. The summed E-state index contributed by atoms with van der Waals surface area (Å²) in [5.41, 5.74) is -1.13. The van der Waals surface area contributed by atoms with E-state index in [0.717, 1.165) is 34.6 Å². The summed E-state index contributed by atoms with van der Waals surface area (Å²) >= 11 is 0. The monoisotopic (exact) mass is 589 g/mol. The molecule has 0 unspecified atom stereocenters. The Hall–Kier alpha value is -3.94. The van der Waals surface area contributed by atoms with Crippen molar-refractivity contribution in [3.63, 3.8) is 0 Å². The van der Waals surface area contributed by atoms with E-state index in [9.17, 15) is 44.7 Å². The van der Waals surface area contributed by atoms with Crippen LogP contribution in [0.2, 0.25) is 0 Å². The van der Waals surface area contributed by atoms with Crippen molar-refractivity contribution in [1.82, 2.24) is 0 Å². The Bertz CT molecular complexity index is 1530. The molecule has 40 heavy (non-hydrogen) atoms. The molecule has 2 atom stereocenters. The molecule has 0 spiro atoms. The number of anilines is 1. The Kier molecular flexibility index (Phi) is 7.92. The van der Waals surface area contributed by atoms with Crippen molar-refractivity contribution < 1.29 is 54.1 Å². The molecular formula is C26H21F6NO6S. The number of hydrogen-bond acceptors (Lipinski definition) is 5. The molecule has 0 saturated carbocycles. The van der Waals surface area contributed by atoms with Crippen LogP contribution in [0.5, 0.6) is 11.5 Å². The van der Waals surface area contributed by atoms with Crippen LogP contribution in [-0.2, 0) is 21.0 Å². The van der Waals surface area contributed by atoms with Crippen LogP contribution in [0, 0.1) is 11.7 Å². The molecule has 0 aromatic heterocycles. The van der Waals surface area contributed by atoms with Crippen LogP contribution in [0.4, 0.5) is 32.0 Å². The lowest BCUT2D eigenvalue weighted by Gasteiger charge is -2.38. The maximum atomic E-state index is 14.2. The van der Waals surface area contributed by atoms with Gasteiger partial charge in [0.15, 0.2) is 0 Å². The lowest BCUT2D eigenvalue weighted by atomic mass is 9.98. The third-order valence-corrected chi connectivity index (χ3v) is 7.94. The summed E-state index contributed by atoms with van der Waals surface area (Å²) < 4.78 is 118. The van der Waals surface area contributed by atoms with Crippen molar-refractivity contribution in [2.75, 3.05) is 10.8 Å². The number of sulfonamides is 1. The highest BCUT2D eigenvalue weighted by atomic mass is 32.2. The highest BCUT2D eigenvalue weighted by molar-refractivity contribution is 7.92. The van der Waals surface area contributed by atoms with Crippen molar-refractivity contribution >= 4 is 21.7 Å². The van der Waals surface area contributed by atoms with Gasteiger partial charge in [-0.2, -0.15) is 22.0 Å². The van der Waals surface area contributed by atoms with Crippen molar-refractivity contribution in [3.05, 3.63) is 72.0 Å². The van der Waals surface area contributed by atoms with Crippen molar-refractivity contribution in [2.24, 2.45) is 5.92 Å². The van der Waals surface area contributed by atoms with Gasteiger partial charge in [-0.1, -0.05) is 19.1 Å². The van der Waals surface area contributed by atoms with E-state index in [2.05, 4.69) is 4.74 Å². The van der Waals surface area contributed by atoms with Crippen molar-refractivity contribution in [2.45, 2.75) is 37.1 Å². The average molecular weight is 590 g/mol. The number of ether oxygens (including phenoxy) is 2. The molecule has 3 aromatic carbocycles. The summed E-state index contributed by atoms with van der Waals surface area (Å²) in [5.74, 6) is -3.32. The number of carbonyl (C=O) groups is 1. The molecule has 0 amide bonds. The Morgan fingerprint density at radius 3 is 2.48 bits per heavy atom. The molecule has 0 bridgehead atoms. The van der Waals surface area contributed by atoms with Crippen LogP contribution in [0.3, 0.4) is 0 Å². The van der Waals surface area contributed by atoms with Gasteiger partial charge in [0, 0.05) is 12.0 Å². The first-order valence-corrected chi connectivity index (χ1v) is 13.1. The number of rotatable bonds is 8. The minimum atomic E-state index is -4.82. The van der Waals surface area contributed by atoms with Gasteiger partial charge in [0.05, 0.1) is 29.1 Å². The normalized spacial score (nSPS) is 16.3. The highest BCUT2D eigenvalue weighted by Crippen LogP contribution is 2.42. The SMILES string of the molecule is C[C@H](CC(=O)O)[C@H]1CN(S(=O)(=O)c2cccc(C(F)(F)F)c2)c2cc(-c3cc(F)cc(OC(F)F)c3)ccc2O1. The number of nitrogens with zero attached hydrogens (tertiary/aromatic N) is 1. The molecule has 1 aliphatic heterocycles. The van der Waals surface area contributed by atoms with E-state index in [0.29, 0.717) is 12.1 Å². The second-order valence-electron chi connectivity index (χ2n) is 9.03. The van der Waals surface area contributed by atoms with E-state index < -0.39 is 69.4 Å². The third kappa shape index (κ3) is 6.27. The molecule has 14 heteroatoms. The molecule has 0 radical (unpaired) electrons. The second kappa shape index (κ2) is 10.9. The fourth-order valence-corrected chi connectivity index (χ4v) is 5.77. The molecule has 1 aliphatic rings. The molecule has 0 aliphatic carbocycles. The predicted octanol–water partition coefficient (Wildman–Crippen LogP) is 6.18. The lowest BCUT2D eigenvalue weighted by molar-refractivity contribution is -0.139.